The van der Waals surface area contributed by atoms with E-state index in [0.29, 0.717) is 6.04 Å². The van der Waals surface area contributed by atoms with E-state index in [1.165, 1.54) is 0 Å². The van der Waals surface area contributed by atoms with Gasteiger partial charge in [0.2, 0.25) is 0 Å². The third kappa shape index (κ3) is 4.85. The number of nitrogens with one attached hydrogen (secondary N) is 1. The lowest BCUT2D eigenvalue weighted by molar-refractivity contribution is 0.619. The maximum atomic E-state index is 3.65. The zero-order chi connectivity index (χ0) is 7.98. The molecule has 0 aliphatic carbocycles. The van der Waals surface area contributed by atoms with Crippen LogP contribution in [-0.4, -0.2) is 6.04 Å². The van der Waals surface area contributed by atoms with Crippen molar-refractivity contribution in [2.45, 2.75) is 26.3 Å². The fourth-order valence-electron chi connectivity index (χ4n) is 0.399. The minimum atomic E-state index is 0.560. The average molecular weight is 251 g/mol. The van der Waals surface area contributed by atoms with E-state index in [-0.39, 0.29) is 0 Å². The van der Waals surface area contributed by atoms with Crippen LogP contribution < -0.4 is 5.32 Å². The Hall–Kier alpha value is 0.01000. The van der Waals surface area contributed by atoms with Crippen LogP contribution in [0, 0.1) is 0 Å². The summed E-state index contributed by atoms with van der Waals surface area (Å²) in [5.41, 5.74) is 0. The number of rotatable bonds is 4. The quantitative estimate of drug-likeness (QED) is 0.598. The standard InChI is InChI=1S/C8H14IN/c1-4-7(3)10-6-8(9)5-2/h5-7,10H,2,4H2,1,3H3/b8-6+. The van der Waals surface area contributed by atoms with Gasteiger partial charge in [0.05, 0.1) is 0 Å². The lowest BCUT2D eigenvalue weighted by atomic mass is 10.3. The average Bonchev–Trinajstić information content (AvgIpc) is 1.99. The molecular weight excluding hydrogens is 237 g/mol. The van der Waals surface area contributed by atoms with Gasteiger partial charge in [-0.1, -0.05) is 19.6 Å². The highest BCUT2D eigenvalue weighted by Gasteiger charge is 1.91. The molecule has 10 heavy (non-hydrogen) atoms. The van der Waals surface area contributed by atoms with Gasteiger partial charge in [-0.15, -0.1) is 0 Å². The highest BCUT2D eigenvalue weighted by atomic mass is 127. The van der Waals surface area contributed by atoms with Gasteiger partial charge in [0, 0.05) is 15.8 Å². The van der Waals surface area contributed by atoms with Crippen LogP contribution in [-0.2, 0) is 0 Å². The maximum absolute atomic E-state index is 3.65. The van der Waals surface area contributed by atoms with Crippen molar-refractivity contribution in [1.82, 2.24) is 5.32 Å². The molecule has 0 spiro atoms. The van der Waals surface area contributed by atoms with Gasteiger partial charge in [0.15, 0.2) is 0 Å². The highest BCUT2D eigenvalue weighted by Crippen LogP contribution is 2.04. The van der Waals surface area contributed by atoms with Crippen molar-refractivity contribution in [3.63, 3.8) is 0 Å². The fourth-order valence-corrected chi connectivity index (χ4v) is 0.578. The molecule has 0 aromatic heterocycles. The molecule has 1 atom stereocenters. The Kier molecular flexibility index (Phi) is 5.78. The van der Waals surface area contributed by atoms with Crippen molar-refractivity contribution in [2.24, 2.45) is 0 Å². The van der Waals surface area contributed by atoms with E-state index in [1.807, 2.05) is 12.3 Å². The van der Waals surface area contributed by atoms with Crippen LogP contribution in [0.3, 0.4) is 0 Å². The van der Waals surface area contributed by atoms with Gasteiger partial charge in [-0.2, -0.15) is 0 Å². The number of halogens is 1. The lowest BCUT2D eigenvalue weighted by Crippen LogP contribution is -2.18. The third-order valence-electron chi connectivity index (χ3n) is 1.31. The normalized spacial score (nSPS) is 14.5. The second kappa shape index (κ2) is 5.77. The molecule has 0 aliphatic rings. The molecule has 0 amide bonds. The Morgan fingerprint density at radius 3 is 2.80 bits per heavy atom. The Morgan fingerprint density at radius 1 is 1.80 bits per heavy atom. The van der Waals surface area contributed by atoms with E-state index in [9.17, 15) is 0 Å². The second-order valence-electron chi connectivity index (χ2n) is 2.21. The first kappa shape index (κ1) is 10.0. The zero-order valence-electron chi connectivity index (χ0n) is 6.52. The van der Waals surface area contributed by atoms with Gasteiger partial charge < -0.3 is 5.32 Å². The van der Waals surface area contributed by atoms with Crippen LogP contribution in [0.25, 0.3) is 0 Å². The summed E-state index contributed by atoms with van der Waals surface area (Å²) in [4.78, 5) is 0. The summed E-state index contributed by atoms with van der Waals surface area (Å²) in [6.45, 7) is 7.96. The first-order valence-electron chi connectivity index (χ1n) is 3.44. The first-order chi connectivity index (χ1) is 4.70. The minimum absolute atomic E-state index is 0.560. The first-order valence-corrected chi connectivity index (χ1v) is 4.52. The van der Waals surface area contributed by atoms with Crippen molar-refractivity contribution in [3.8, 4) is 0 Å². The summed E-state index contributed by atoms with van der Waals surface area (Å²) in [7, 11) is 0. The van der Waals surface area contributed by atoms with Crippen molar-refractivity contribution in [1.29, 1.82) is 0 Å². The molecule has 0 radical (unpaired) electrons. The van der Waals surface area contributed by atoms with E-state index >= 15 is 0 Å². The maximum Gasteiger partial charge on any atom is 0.0281 e. The van der Waals surface area contributed by atoms with E-state index < -0.39 is 0 Å². The second-order valence-corrected chi connectivity index (χ2v) is 3.45. The third-order valence-corrected chi connectivity index (χ3v) is 2.06. The number of hydrogen-bond acceptors (Lipinski definition) is 1. The molecular formula is C8H14IN. The largest absolute Gasteiger partial charge is 0.388 e. The van der Waals surface area contributed by atoms with Crippen LogP contribution in [0.1, 0.15) is 20.3 Å². The summed E-state index contributed by atoms with van der Waals surface area (Å²) in [6.07, 6.45) is 4.97. The smallest absolute Gasteiger partial charge is 0.0281 e. The van der Waals surface area contributed by atoms with Gasteiger partial charge in [-0.25, -0.2) is 0 Å². The highest BCUT2D eigenvalue weighted by molar-refractivity contribution is 14.1. The molecule has 0 fully saturated rings. The zero-order valence-corrected chi connectivity index (χ0v) is 8.68. The molecule has 1 nitrogen and oxygen atoms in total. The predicted octanol–water partition coefficient (Wildman–Crippen LogP) is 2.84. The monoisotopic (exact) mass is 251 g/mol. The Bertz CT molecular complexity index is 129. The van der Waals surface area contributed by atoms with Crippen molar-refractivity contribution in [2.75, 3.05) is 0 Å². The van der Waals surface area contributed by atoms with E-state index in [2.05, 4.69) is 48.3 Å². The molecule has 58 valence electrons. The van der Waals surface area contributed by atoms with E-state index in [4.69, 9.17) is 0 Å². The molecule has 0 bridgehead atoms. The molecule has 0 aromatic rings. The molecule has 1 unspecified atom stereocenters. The summed E-state index contributed by atoms with van der Waals surface area (Å²) >= 11 is 2.24. The molecule has 0 saturated carbocycles. The van der Waals surface area contributed by atoms with Crippen LogP contribution in [0.2, 0.25) is 0 Å². The minimum Gasteiger partial charge on any atom is -0.388 e. The predicted molar refractivity (Wildman–Crippen MR) is 55.2 cm³/mol. The van der Waals surface area contributed by atoms with Gasteiger partial charge >= 0.3 is 0 Å². The van der Waals surface area contributed by atoms with Gasteiger partial charge in [0.25, 0.3) is 0 Å². The molecule has 0 rings (SSSR count). The van der Waals surface area contributed by atoms with Crippen LogP contribution >= 0.6 is 22.6 Å². The molecule has 1 N–H and O–H groups in total. The number of hydrogen-bond donors (Lipinski definition) is 1. The Labute approximate surface area is 76.7 Å². The molecule has 0 saturated heterocycles. The fraction of sp³-hybridized carbons (Fsp3) is 0.500. The molecule has 0 aliphatic heterocycles. The SMILES string of the molecule is C=C/C(I)=C\NC(C)CC. The van der Waals surface area contributed by atoms with E-state index in [1.54, 1.807) is 0 Å². The van der Waals surface area contributed by atoms with Gasteiger partial charge in [-0.3, -0.25) is 0 Å². The summed E-state index contributed by atoms with van der Waals surface area (Å²) in [6, 6.07) is 0.560. The summed E-state index contributed by atoms with van der Waals surface area (Å²) < 4.78 is 1.15. The summed E-state index contributed by atoms with van der Waals surface area (Å²) in [5, 5.41) is 3.24. The lowest BCUT2D eigenvalue weighted by Gasteiger charge is -2.07. The Morgan fingerprint density at radius 2 is 2.40 bits per heavy atom. The van der Waals surface area contributed by atoms with Gasteiger partial charge in [-0.05, 0) is 35.9 Å². The summed E-state index contributed by atoms with van der Waals surface area (Å²) in [5.74, 6) is 0. The van der Waals surface area contributed by atoms with Gasteiger partial charge in [0.1, 0.15) is 0 Å². The topological polar surface area (TPSA) is 12.0 Å². The number of allylic oxidation sites excluding steroid dienone is 2. The molecule has 2 heteroatoms. The molecule has 0 aromatic carbocycles. The van der Waals surface area contributed by atoms with Crippen molar-refractivity contribution < 1.29 is 0 Å². The van der Waals surface area contributed by atoms with E-state index in [0.717, 1.165) is 10.0 Å². The molecule has 0 heterocycles. The Balaban J connectivity index is 3.60. The van der Waals surface area contributed by atoms with Crippen molar-refractivity contribution >= 4 is 22.6 Å². The van der Waals surface area contributed by atoms with Crippen LogP contribution in [0.5, 0.6) is 0 Å². The van der Waals surface area contributed by atoms with Crippen molar-refractivity contribution in [3.05, 3.63) is 22.4 Å². The van der Waals surface area contributed by atoms with Crippen LogP contribution in [0.15, 0.2) is 22.4 Å². The van der Waals surface area contributed by atoms with Crippen LogP contribution in [0.4, 0.5) is 0 Å².